The van der Waals surface area contributed by atoms with Crippen molar-refractivity contribution in [2.75, 3.05) is 7.11 Å². The molecule has 4 rings (SSSR count). The van der Waals surface area contributed by atoms with Crippen LogP contribution in [0.5, 0.6) is 5.75 Å². The van der Waals surface area contributed by atoms with Crippen molar-refractivity contribution in [2.24, 2.45) is 0 Å². The molecule has 1 heterocycles. The van der Waals surface area contributed by atoms with Gasteiger partial charge in [-0.15, -0.1) is 0 Å². The van der Waals surface area contributed by atoms with Gasteiger partial charge in [0.2, 0.25) is 5.91 Å². The number of benzene rings is 2. The number of hydrogen-bond donors (Lipinski definition) is 1. The zero-order valence-corrected chi connectivity index (χ0v) is 15.0. The van der Waals surface area contributed by atoms with Crippen LogP contribution >= 0.6 is 0 Å². The van der Waals surface area contributed by atoms with Crippen LogP contribution in [0.15, 0.2) is 59.8 Å². The number of nitrogens with one attached hydrogen (secondary N) is 1. The van der Waals surface area contributed by atoms with Crippen molar-refractivity contribution in [2.45, 2.75) is 31.1 Å². The van der Waals surface area contributed by atoms with E-state index >= 15 is 0 Å². The molecule has 0 radical (unpaired) electrons. The average Bonchev–Trinajstić information content (AvgIpc) is 2.67. The molecule has 1 aliphatic heterocycles. The predicted molar refractivity (Wildman–Crippen MR) is 98.9 cm³/mol. The number of carbonyl (C=O) groups excluding carboxylic acids is 2. The Morgan fingerprint density at radius 2 is 1.74 bits per heavy atom. The van der Waals surface area contributed by atoms with Gasteiger partial charge in [0.15, 0.2) is 5.78 Å². The van der Waals surface area contributed by atoms with Gasteiger partial charge in [-0.2, -0.15) is 0 Å². The summed E-state index contributed by atoms with van der Waals surface area (Å²) >= 11 is 0. The Bertz CT molecular complexity index is 933. The fraction of sp³-hybridized carbons (Fsp3) is 0.273. The smallest absolute Gasteiger partial charge is 0.225 e. The summed E-state index contributed by atoms with van der Waals surface area (Å²) < 4.78 is 19.5. The van der Waals surface area contributed by atoms with Gasteiger partial charge in [0.1, 0.15) is 11.6 Å². The Morgan fingerprint density at radius 1 is 1.00 bits per heavy atom. The topological polar surface area (TPSA) is 55.4 Å². The molecule has 27 heavy (non-hydrogen) atoms. The van der Waals surface area contributed by atoms with Crippen molar-refractivity contribution >= 4 is 11.7 Å². The highest BCUT2D eigenvalue weighted by Crippen LogP contribution is 2.43. The van der Waals surface area contributed by atoms with Gasteiger partial charge in [-0.1, -0.05) is 30.3 Å². The molecule has 1 aliphatic carbocycles. The second-order valence-electron chi connectivity index (χ2n) is 7.02. The van der Waals surface area contributed by atoms with Crippen molar-refractivity contribution in [3.63, 3.8) is 0 Å². The van der Waals surface area contributed by atoms with Gasteiger partial charge < -0.3 is 10.1 Å². The molecular weight excluding hydrogens is 345 g/mol. The Hall–Kier alpha value is -2.95. The van der Waals surface area contributed by atoms with Crippen molar-refractivity contribution in [1.29, 1.82) is 0 Å². The Balaban J connectivity index is 1.70. The number of hydrogen-bond acceptors (Lipinski definition) is 3. The summed E-state index contributed by atoms with van der Waals surface area (Å²) in [7, 11) is 1.61. The Morgan fingerprint density at radius 3 is 2.44 bits per heavy atom. The largest absolute Gasteiger partial charge is 0.497 e. The van der Waals surface area contributed by atoms with E-state index in [4.69, 9.17) is 4.74 Å². The van der Waals surface area contributed by atoms with Crippen LogP contribution < -0.4 is 10.1 Å². The highest BCUT2D eigenvalue weighted by atomic mass is 19.1. The molecule has 2 atom stereocenters. The van der Waals surface area contributed by atoms with E-state index < -0.39 is 5.92 Å². The summed E-state index contributed by atoms with van der Waals surface area (Å²) in [5.74, 6) is -0.350. The minimum absolute atomic E-state index is 0.0122. The van der Waals surface area contributed by atoms with Crippen LogP contribution in [0, 0.1) is 5.82 Å². The van der Waals surface area contributed by atoms with Gasteiger partial charge in [0, 0.05) is 30.0 Å². The van der Waals surface area contributed by atoms with Gasteiger partial charge in [-0.25, -0.2) is 4.39 Å². The summed E-state index contributed by atoms with van der Waals surface area (Å²) in [5.41, 5.74) is 2.63. The third-order valence-corrected chi connectivity index (χ3v) is 5.40. The number of carbonyl (C=O) groups is 2. The Labute approximate surface area is 157 Å². The van der Waals surface area contributed by atoms with Gasteiger partial charge in [0.05, 0.1) is 7.11 Å². The van der Waals surface area contributed by atoms with Gasteiger partial charge in [-0.3, -0.25) is 9.59 Å². The van der Waals surface area contributed by atoms with E-state index in [0.29, 0.717) is 29.7 Å². The molecule has 5 heteroatoms. The van der Waals surface area contributed by atoms with Crippen molar-refractivity contribution in [3.8, 4) is 5.75 Å². The third-order valence-electron chi connectivity index (χ3n) is 5.40. The molecular formula is C22H20FNO3. The van der Waals surface area contributed by atoms with Crippen molar-refractivity contribution in [3.05, 3.63) is 76.7 Å². The molecule has 0 saturated carbocycles. The van der Waals surface area contributed by atoms with E-state index in [0.717, 1.165) is 11.3 Å². The average molecular weight is 365 g/mol. The van der Waals surface area contributed by atoms with E-state index in [2.05, 4.69) is 5.32 Å². The zero-order chi connectivity index (χ0) is 19.0. The van der Waals surface area contributed by atoms with E-state index in [1.807, 2.05) is 24.3 Å². The summed E-state index contributed by atoms with van der Waals surface area (Å²) in [4.78, 5) is 25.2. The Kier molecular flexibility index (Phi) is 4.52. The SMILES string of the molecule is COc1ccc([C@@H]2CC(=O)C3=C(C2)NC(=O)C[C@H]3c2ccccc2F)cc1. The zero-order valence-electron chi connectivity index (χ0n) is 15.0. The first-order valence-corrected chi connectivity index (χ1v) is 9.01. The number of methoxy groups -OCH3 is 1. The summed E-state index contributed by atoms with van der Waals surface area (Å²) in [6.45, 7) is 0. The standard InChI is InChI=1S/C22H20FNO3/c1-27-15-8-6-13(7-9-15)14-10-19-22(20(25)11-14)17(12-21(26)24-19)16-4-2-3-5-18(16)23/h2-9,14,17H,10-12H2,1H3,(H,24,26)/t14-,17-/m0/s1. The van der Waals surface area contributed by atoms with Crippen LogP contribution in [0.2, 0.25) is 0 Å². The number of rotatable bonds is 3. The number of allylic oxidation sites excluding steroid dienone is 2. The molecule has 2 aliphatic rings. The number of amides is 1. The van der Waals surface area contributed by atoms with E-state index in [9.17, 15) is 14.0 Å². The van der Waals surface area contributed by atoms with Gasteiger partial charge in [-0.05, 0) is 41.7 Å². The molecule has 0 unspecified atom stereocenters. The predicted octanol–water partition coefficient (Wildman–Crippen LogP) is 3.84. The molecule has 1 amide bonds. The molecule has 138 valence electrons. The highest BCUT2D eigenvalue weighted by molar-refractivity contribution is 6.02. The fourth-order valence-electron chi connectivity index (χ4n) is 4.10. The minimum atomic E-state index is -0.515. The molecule has 0 fully saturated rings. The van der Waals surface area contributed by atoms with Crippen LogP contribution in [0.3, 0.4) is 0 Å². The van der Waals surface area contributed by atoms with E-state index in [1.54, 1.807) is 25.3 Å². The lowest BCUT2D eigenvalue weighted by atomic mass is 9.73. The molecule has 0 bridgehead atoms. The maximum Gasteiger partial charge on any atom is 0.225 e. The second-order valence-corrected chi connectivity index (χ2v) is 7.02. The molecule has 2 aromatic rings. The van der Waals surface area contributed by atoms with E-state index in [1.165, 1.54) is 6.07 Å². The quantitative estimate of drug-likeness (QED) is 0.899. The monoisotopic (exact) mass is 365 g/mol. The fourth-order valence-corrected chi connectivity index (χ4v) is 4.10. The van der Waals surface area contributed by atoms with Gasteiger partial charge >= 0.3 is 0 Å². The lowest BCUT2D eigenvalue weighted by Crippen LogP contribution is -2.38. The highest BCUT2D eigenvalue weighted by Gasteiger charge is 2.38. The summed E-state index contributed by atoms with van der Waals surface area (Å²) in [6.07, 6.45) is 1.01. The molecule has 0 aromatic heterocycles. The molecule has 0 spiro atoms. The maximum absolute atomic E-state index is 14.3. The molecule has 0 saturated heterocycles. The number of ether oxygens (including phenoxy) is 1. The van der Waals surface area contributed by atoms with Gasteiger partial charge in [0.25, 0.3) is 0 Å². The number of ketones is 1. The van der Waals surface area contributed by atoms with Crippen LogP contribution in [0.25, 0.3) is 0 Å². The maximum atomic E-state index is 14.3. The molecule has 2 aromatic carbocycles. The lowest BCUT2D eigenvalue weighted by Gasteiger charge is -2.34. The normalized spacial score (nSPS) is 22.3. The van der Waals surface area contributed by atoms with Crippen LogP contribution in [0.4, 0.5) is 4.39 Å². The first-order chi connectivity index (χ1) is 13.1. The van der Waals surface area contributed by atoms with Crippen LogP contribution in [-0.2, 0) is 9.59 Å². The van der Waals surface area contributed by atoms with Crippen LogP contribution in [-0.4, -0.2) is 18.8 Å². The van der Waals surface area contributed by atoms with Crippen LogP contribution in [0.1, 0.15) is 42.2 Å². The lowest BCUT2D eigenvalue weighted by molar-refractivity contribution is -0.122. The minimum Gasteiger partial charge on any atom is -0.497 e. The van der Waals surface area contributed by atoms with E-state index in [-0.39, 0.29) is 29.8 Å². The molecule has 1 N–H and O–H groups in total. The first kappa shape index (κ1) is 17.5. The second kappa shape index (κ2) is 6.99. The summed E-state index contributed by atoms with van der Waals surface area (Å²) in [6, 6.07) is 14.0. The number of halogens is 1. The van der Waals surface area contributed by atoms with Crippen molar-refractivity contribution in [1.82, 2.24) is 5.32 Å². The van der Waals surface area contributed by atoms with Crippen molar-refractivity contribution < 1.29 is 18.7 Å². The molecule has 4 nitrogen and oxygen atoms in total. The first-order valence-electron chi connectivity index (χ1n) is 9.01. The third kappa shape index (κ3) is 3.25. The number of Topliss-reactive ketones (excluding diaryl/α,β-unsaturated/α-hetero) is 1. The summed E-state index contributed by atoms with van der Waals surface area (Å²) in [5, 5.41) is 2.86.